The van der Waals surface area contributed by atoms with Crippen molar-refractivity contribution in [2.45, 2.75) is 44.5 Å². The van der Waals surface area contributed by atoms with E-state index in [1.54, 1.807) is 0 Å². The lowest BCUT2D eigenvalue weighted by molar-refractivity contribution is -0.121. The van der Waals surface area contributed by atoms with Gasteiger partial charge in [-0.15, -0.1) is 0 Å². The van der Waals surface area contributed by atoms with Gasteiger partial charge in [-0.1, -0.05) is 5.16 Å². The van der Waals surface area contributed by atoms with Crippen LogP contribution >= 0.6 is 0 Å². The standard InChI is InChI=1S/C13H22N6O6/c1-5(21)10(6(2)22)17-13(24)16-8(3-9(15)23)12-18-11(19-25-12)7(14)4-20/h5,7-8,10,20-21H,3-4,14H2,1-2H3,(H2,15,23)(H2,16,17,24)/t5?,7-,8-,10-/m0/s1. The third-order valence-corrected chi connectivity index (χ3v) is 3.20. The summed E-state index contributed by atoms with van der Waals surface area (Å²) in [5, 5.41) is 26.7. The summed E-state index contributed by atoms with van der Waals surface area (Å²) in [6.45, 7) is 2.12. The molecule has 0 aliphatic heterocycles. The molecule has 12 nitrogen and oxygen atoms in total. The summed E-state index contributed by atoms with van der Waals surface area (Å²) in [5.41, 5.74) is 10.7. The number of aromatic nitrogens is 2. The zero-order valence-electron chi connectivity index (χ0n) is 13.8. The Hall–Kier alpha value is -2.57. The van der Waals surface area contributed by atoms with E-state index in [0.29, 0.717) is 0 Å². The van der Waals surface area contributed by atoms with E-state index >= 15 is 0 Å². The number of rotatable bonds is 9. The van der Waals surface area contributed by atoms with Gasteiger partial charge in [-0.25, -0.2) is 4.79 Å². The van der Waals surface area contributed by atoms with E-state index in [1.165, 1.54) is 13.8 Å². The second-order valence-electron chi connectivity index (χ2n) is 5.45. The van der Waals surface area contributed by atoms with Gasteiger partial charge in [0.15, 0.2) is 11.6 Å². The summed E-state index contributed by atoms with van der Waals surface area (Å²) >= 11 is 0. The number of Topliss-reactive ketones (excluding diaryl/α,β-unsaturated/α-hetero) is 1. The van der Waals surface area contributed by atoms with Crippen LogP contribution in [0.3, 0.4) is 0 Å². The van der Waals surface area contributed by atoms with Crippen LogP contribution < -0.4 is 22.1 Å². The number of hydrogen-bond acceptors (Lipinski definition) is 9. The Labute approximate surface area is 142 Å². The fraction of sp³-hybridized carbons (Fsp3) is 0.615. The van der Waals surface area contributed by atoms with E-state index in [4.69, 9.17) is 21.1 Å². The number of urea groups is 1. The second-order valence-corrected chi connectivity index (χ2v) is 5.45. The van der Waals surface area contributed by atoms with Gasteiger partial charge in [0, 0.05) is 0 Å². The average Bonchev–Trinajstić information content (AvgIpc) is 3.00. The highest BCUT2D eigenvalue weighted by Crippen LogP contribution is 2.16. The molecule has 0 bridgehead atoms. The monoisotopic (exact) mass is 358 g/mol. The maximum absolute atomic E-state index is 12.0. The van der Waals surface area contributed by atoms with Gasteiger partial charge in [0.05, 0.1) is 25.2 Å². The number of hydrogen-bond donors (Lipinski definition) is 6. The normalized spacial score (nSPS) is 15.7. The number of carbonyl (C=O) groups is 3. The Morgan fingerprint density at radius 3 is 2.44 bits per heavy atom. The maximum atomic E-state index is 12.0. The van der Waals surface area contributed by atoms with E-state index in [0.717, 1.165) is 0 Å². The number of nitrogens with zero attached hydrogens (tertiary/aromatic N) is 2. The van der Waals surface area contributed by atoms with Crippen LogP contribution in [0.5, 0.6) is 0 Å². The SMILES string of the molecule is CC(=O)[C@@H](NC(=O)N[C@@H](CC(N)=O)c1nc([C@@H](N)CO)no1)C(C)O. The number of amides is 3. The first-order chi connectivity index (χ1) is 11.6. The van der Waals surface area contributed by atoms with Gasteiger partial charge in [0.25, 0.3) is 0 Å². The number of nitrogens with two attached hydrogens (primary N) is 2. The molecule has 0 radical (unpaired) electrons. The minimum atomic E-state index is -1.13. The van der Waals surface area contributed by atoms with Crippen molar-refractivity contribution < 1.29 is 29.1 Å². The molecule has 1 unspecified atom stereocenters. The Morgan fingerprint density at radius 1 is 1.32 bits per heavy atom. The van der Waals surface area contributed by atoms with Crippen molar-refractivity contribution in [2.75, 3.05) is 6.61 Å². The molecule has 1 heterocycles. The molecule has 8 N–H and O–H groups in total. The summed E-state index contributed by atoms with van der Waals surface area (Å²) in [7, 11) is 0. The Bertz CT molecular complexity index is 618. The third-order valence-electron chi connectivity index (χ3n) is 3.20. The molecule has 1 aromatic rings. The van der Waals surface area contributed by atoms with Crippen molar-refractivity contribution in [1.29, 1.82) is 0 Å². The van der Waals surface area contributed by atoms with E-state index < -0.39 is 48.6 Å². The van der Waals surface area contributed by atoms with Crippen LogP contribution in [0, 0.1) is 0 Å². The van der Waals surface area contributed by atoms with Crippen LogP contribution in [0.4, 0.5) is 4.79 Å². The first-order valence-electron chi connectivity index (χ1n) is 7.39. The fourth-order valence-electron chi connectivity index (χ4n) is 1.93. The maximum Gasteiger partial charge on any atom is 0.316 e. The molecule has 0 fully saturated rings. The second kappa shape index (κ2) is 9.05. The van der Waals surface area contributed by atoms with Crippen molar-refractivity contribution in [3.05, 3.63) is 11.7 Å². The van der Waals surface area contributed by atoms with Gasteiger partial charge in [0.2, 0.25) is 11.8 Å². The summed E-state index contributed by atoms with van der Waals surface area (Å²) < 4.78 is 4.93. The van der Waals surface area contributed by atoms with Gasteiger partial charge < -0.3 is 36.8 Å². The molecule has 0 saturated carbocycles. The Morgan fingerprint density at radius 2 is 1.96 bits per heavy atom. The molecule has 4 atom stereocenters. The summed E-state index contributed by atoms with van der Waals surface area (Å²) in [4.78, 5) is 38.6. The molecule has 0 saturated heterocycles. The lowest BCUT2D eigenvalue weighted by atomic mass is 10.1. The minimum Gasteiger partial charge on any atom is -0.394 e. The predicted molar refractivity (Wildman–Crippen MR) is 82.7 cm³/mol. The molecule has 0 aliphatic rings. The summed E-state index contributed by atoms with van der Waals surface area (Å²) in [6.07, 6.45) is -1.47. The average molecular weight is 358 g/mol. The van der Waals surface area contributed by atoms with Crippen LogP contribution in [0.25, 0.3) is 0 Å². The van der Waals surface area contributed by atoms with Crippen molar-refractivity contribution in [2.24, 2.45) is 11.5 Å². The highest BCUT2D eigenvalue weighted by Gasteiger charge is 2.27. The third kappa shape index (κ3) is 6.10. The first-order valence-corrected chi connectivity index (χ1v) is 7.39. The number of aliphatic hydroxyl groups is 2. The van der Waals surface area contributed by atoms with E-state index in [2.05, 4.69) is 20.8 Å². The van der Waals surface area contributed by atoms with Crippen LogP contribution in [0.2, 0.25) is 0 Å². The molecule has 3 amide bonds. The minimum absolute atomic E-state index is 0.0141. The topological polar surface area (TPSA) is 207 Å². The van der Waals surface area contributed by atoms with Gasteiger partial charge in [-0.05, 0) is 13.8 Å². The van der Waals surface area contributed by atoms with Crippen molar-refractivity contribution in [1.82, 2.24) is 20.8 Å². The van der Waals surface area contributed by atoms with Crippen LogP contribution in [-0.2, 0) is 9.59 Å². The molecular weight excluding hydrogens is 336 g/mol. The molecule has 1 rings (SSSR count). The molecular formula is C13H22N6O6. The first kappa shape index (κ1) is 20.5. The zero-order chi connectivity index (χ0) is 19.1. The van der Waals surface area contributed by atoms with Crippen LogP contribution in [0.15, 0.2) is 4.52 Å². The molecule has 0 spiro atoms. The van der Waals surface area contributed by atoms with E-state index in [9.17, 15) is 19.5 Å². The van der Waals surface area contributed by atoms with Crippen LogP contribution in [0.1, 0.15) is 44.1 Å². The van der Waals surface area contributed by atoms with Crippen molar-refractivity contribution in [3.8, 4) is 0 Å². The highest BCUT2D eigenvalue weighted by atomic mass is 16.5. The predicted octanol–water partition coefficient (Wildman–Crippen LogP) is -2.38. The summed E-state index contributed by atoms with van der Waals surface area (Å²) in [6, 6.07) is -3.95. The van der Waals surface area contributed by atoms with Gasteiger partial charge >= 0.3 is 6.03 Å². The van der Waals surface area contributed by atoms with Gasteiger partial charge in [-0.2, -0.15) is 4.98 Å². The largest absolute Gasteiger partial charge is 0.394 e. The molecule has 12 heteroatoms. The van der Waals surface area contributed by atoms with Crippen molar-refractivity contribution in [3.63, 3.8) is 0 Å². The van der Waals surface area contributed by atoms with Crippen molar-refractivity contribution >= 4 is 17.7 Å². The molecule has 1 aromatic heterocycles. The summed E-state index contributed by atoms with van der Waals surface area (Å²) in [5.74, 6) is -1.37. The Balaban J connectivity index is 2.89. The molecule has 0 aliphatic carbocycles. The number of primary amides is 1. The molecule has 0 aromatic carbocycles. The molecule has 140 valence electrons. The molecule has 25 heavy (non-hydrogen) atoms. The highest BCUT2D eigenvalue weighted by molar-refractivity contribution is 5.87. The fourth-order valence-corrected chi connectivity index (χ4v) is 1.93. The zero-order valence-corrected chi connectivity index (χ0v) is 13.8. The number of aliphatic hydroxyl groups excluding tert-OH is 2. The lowest BCUT2D eigenvalue weighted by Gasteiger charge is -2.20. The van der Waals surface area contributed by atoms with Gasteiger partial charge in [0.1, 0.15) is 12.1 Å². The number of ketones is 1. The number of carbonyl (C=O) groups excluding carboxylic acids is 3. The van der Waals surface area contributed by atoms with E-state index in [1.807, 2.05) is 0 Å². The van der Waals surface area contributed by atoms with E-state index in [-0.39, 0.29) is 18.1 Å². The number of nitrogens with one attached hydrogen (secondary N) is 2. The Kier molecular flexibility index (Phi) is 7.42. The quantitative estimate of drug-likeness (QED) is 0.278. The smallest absolute Gasteiger partial charge is 0.316 e. The van der Waals surface area contributed by atoms with Crippen LogP contribution in [-0.4, -0.2) is 56.8 Å². The van der Waals surface area contributed by atoms with Gasteiger partial charge in [-0.3, -0.25) is 9.59 Å². The lowest BCUT2D eigenvalue weighted by Crippen LogP contribution is -2.51.